The molecule has 124 valence electrons. The van der Waals surface area contributed by atoms with Crippen LogP contribution in [0.1, 0.15) is 72.1 Å². The molecule has 2 fully saturated rings. The summed E-state index contributed by atoms with van der Waals surface area (Å²) in [6, 6.07) is 0.602. The predicted octanol–water partition coefficient (Wildman–Crippen LogP) is 3.58. The van der Waals surface area contributed by atoms with E-state index >= 15 is 0 Å². The Kier molecular flexibility index (Phi) is 6.97. The van der Waals surface area contributed by atoms with Crippen LogP contribution < -0.4 is 5.32 Å². The lowest BCUT2D eigenvalue weighted by Crippen LogP contribution is -2.58. The zero-order chi connectivity index (χ0) is 15.1. The van der Waals surface area contributed by atoms with E-state index in [9.17, 15) is 0 Å². The molecular formula is C18H36N2O. The molecule has 2 aliphatic heterocycles. The summed E-state index contributed by atoms with van der Waals surface area (Å²) in [7, 11) is 0. The lowest BCUT2D eigenvalue weighted by molar-refractivity contribution is 0.0607. The number of nitrogens with one attached hydrogen (secondary N) is 1. The second-order valence-corrected chi connectivity index (χ2v) is 7.12. The van der Waals surface area contributed by atoms with Crippen LogP contribution in [0.5, 0.6) is 0 Å². The second kappa shape index (κ2) is 8.50. The lowest BCUT2D eigenvalue weighted by atomic mass is 9.83. The molecule has 2 rings (SSSR count). The molecule has 2 heterocycles. The molecular weight excluding hydrogens is 260 g/mol. The highest BCUT2D eigenvalue weighted by Crippen LogP contribution is 2.31. The van der Waals surface area contributed by atoms with E-state index in [1.807, 2.05) is 0 Å². The molecule has 0 aromatic rings. The summed E-state index contributed by atoms with van der Waals surface area (Å²) in [6.45, 7) is 11.8. The Balaban J connectivity index is 1.96. The van der Waals surface area contributed by atoms with E-state index in [0.29, 0.717) is 17.7 Å². The van der Waals surface area contributed by atoms with Gasteiger partial charge < -0.3 is 10.1 Å². The van der Waals surface area contributed by atoms with E-state index in [2.05, 4.69) is 31.0 Å². The second-order valence-electron chi connectivity index (χ2n) is 7.12. The van der Waals surface area contributed by atoms with Gasteiger partial charge >= 0.3 is 0 Å². The average molecular weight is 296 g/mol. The highest BCUT2D eigenvalue weighted by molar-refractivity contribution is 4.98. The standard InChI is InChI=1S/C18H36N2O/c1-4-12-19-17(11-10-16-9-8-15-21-16)18(3,5-2)20-13-6-7-14-20/h16-17,19H,4-15H2,1-3H3. The number of likely N-dealkylation sites (tertiary alicyclic amines) is 1. The fraction of sp³-hybridized carbons (Fsp3) is 1.00. The number of ether oxygens (including phenoxy) is 1. The van der Waals surface area contributed by atoms with Crippen LogP contribution in [0.2, 0.25) is 0 Å². The summed E-state index contributed by atoms with van der Waals surface area (Å²) in [4.78, 5) is 2.75. The first kappa shape index (κ1) is 17.2. The van der Waals surface area contributed by atoms with E-state index in [4.69, 9.17) is 4.74 Å². The Hall–Kier alpha value is -0.120. The Bertz CT molecular complexity index is 285. The fourth-order valence-electron chi connectivity index (χ4n) is 4.09. The Labute approximate surface area is 131 Å². The molecule has 3 nitrogen and oxygen atoms in total. The van der Waals surface area contributed by atoms with Gasteiger partial charge in [-0.15, -0.1) is 0 Å². The van der Waals surface area contributed by atoms with Crippen molar-refractivity contribution in [1.29, 1.82) is 0 Å². The van der Waals surface area contributed by atoms with Crippen LogP contribution >= 0.6 is 0 Å². The van der Waals surface area contributed by atoms with E-state index in [1.54, 1.807) is 0 Å². The van der Waals surface area contributed by atoms with Crippen molar-refractivity contribution >= 4 is 0 Å². The first-order valence-corrected chi connectivity index (χ1v) is 9.30. The van der Waals surface area contributed by atoms with Gasteiger partial charge in [0.05, 0.1) is 6.10 Å². The van der Waals surface area contributed by atoms with Crippen molar-refractivity contribution in [1.82, 2.24) is 10.2 Å². The molecule has 1 N–H and O–H groups in total. The van der Waals surface area contributed by atoms with Crippen molar-refractivity contribution in [3.8, 4) is 0 Å². The summed E-state index contributed by atoms with van der Waals surface area (Å²) < 4.78 is 5.84. The molecule has 2 aliphatic rings. The van der Waals surface area contributed by atoms with Crippen LogP contribution in [0.15, 0.2) is 0 Å². The van der Waals surface area contributed by atoms with E-state index in [0.717, 1.165) is 13.2 Å². The van der Waals surface area contributed by atoms with E-state index in [1.165, 1.54) is 64.5 Å². The van der Waals surface area contributed by atoms with Gasteiger partial charge in [-0.05, 0) is 77.9 Å². The topological polar surface area (TPSA) is 24.5 Å². The van der Waals surface area contributed by atoms with Crippen molar-refractivity contribution in [3.63, 3.8) is 0 Å². The molecule has 0 radical (unpaired) electrons. The third-order valence-electron chi connectivity index (χ3n) is 5.74. The molecule has 0 aromatic carbocycles. The smallest absolute Gasteiger partial charge is 0.0576 e. The van der Waals surface area contributed by atoms with Crippen molar-refractivity contribution in [2.45, 2.75) is 89.8 Å². The first-order chi connectivity index (χ1) is 10.2. The molecule has 21 heavy (non-hydrogen) atoms. The minimum atomic E-state index is 0.310. The number of hydrogen-bond acceptors (Lipinski definition) is 3. The van der Waals surface area contributed by atoms with Gasteiger partial charge in [-0.3, -0.25) is 4.90 Å². The normalized spacial score (nSPS) is 27.9. The Morgan fingerprint density at radius 1 is 1.24 bits per heavy atom. The zero-order valence-corrected chi connectivity index (χ0v) is 14.5. The first-order valence-electron chi connectivity index (χ1n) is 9.30. The monoisotopic (exact) mass is 296 g/mol. The van der Waals surface area contributed by atoms with Crippen molar-refractivity contribution in [2.24, 2.45) is 0 Å². The molecule has 0 bridgehead atoms. The Morgan fingerprint density at radius 2 is 2.00 bits per heavy atom. The van der Waals surface area contributed by atoms with Crippen LogP contribution in [0.3, 0.4) is 0 Å². The maximum atomic E-state index is 5.84. The zero-order valence-electron chi connectivity index (χ0n) is 14.5. The van der Waals surface area contributed by atoms with Gasteiger partial charge in [0.25, 0.3) is 0 Å². The van der Waals surface area contributed by atoms with Crippen molar-refractivity contribution < 1.29 is 4.74 Å². The number of hydrogen-bond donors (Lipinski definition) is 1. The minimum Gasteiger partial charge on any atom is -0.378 e. The maximum absolute atomic E-state index is 5.84. The van der Waals surface area contributed by atoms with Gasteiger partial charge in [0, 0.05) is 18.2 Å². The third kappa shape index (κ3) is 4.43. The summed E-state index contributed by atoms with van der Waals surface area (Å²) >= 11 is 0. The summed E-state index contributed by atoms with van der Waals surface area (Å²) in [5.41, 5.74) is 0.310. The quantitative estimate of drug-likeness (QED) is 0.704. The molecule has 0 spiro atoms. The van der Waals surface area contributed by atoms with Crippen molar-refractivity contribution in [3.05, 3.63) is 0 Å². The molecule has 2 saturated heterocycles. The van der Waals surface area contributed by atoms with Crippen molar-refractivity contribution in [2.75, 3.05) is 26.2 Å². The fourth-order valence-corrected chi connectivity index (χ4v) is 4.09. The van der Waals surface area contributed by atoms with Gasteiger partial charge in [-0.25, -0.2) is 0 Å². The molecule has 3 heteroatoms. The average Bonchev–Trinajstić information content (AvgIpc) is 3.20. The maximum Gasteiger partial charge on any atom is 0.0576 e. The SMILES string of the molecule is CCCNC(CCC1CCCO1)C(C)(CC)N1CCCC1. The number of nitrogens with zero attached hydrogens (tertiary/aromatic N) is 1. The van der Waals surface area contributed by atoms with E-state index in [-0.39, 0.29) is 0 Å². The molecule has 0 aliphatic carbocycles. The van der Waals surface area contributed by atoms with Gasteiger partial charge in [0.15, 0.2) is 0 Å². The third-order valence-corrected chi connectivity index (χ3v) is 5.74. The summed E-state index contributed by atoms with van der Waals surface area (Å²) in [5, 5.41) is 3.86. The van der Waals surface area contributed by atoms with Crippen LogP contribution in [0.25, 0.3) is 0 Å². The van der Waals surface area contributed by atoms with Crippen LogP contribution in [0, 0.1) is 0 Å². The van der Waals surface area contributed by atoms with Gasteiger partial charge in [-0.1, -0.05) is 13.8 Å². The minimum absolute atomic E-state index is 0.310. The molecule has 3 atom stereocenters. The molecule has 3 unspecified atom stereocenters. The Morgan fingerprint density at radius 3 is 2.57 bits per heavy atom. The van der Waals surface area contributed by atoms with Crippen LogP contribution in [-0.4, -0.2) is 48.8 Å². The van der Waals surface area contributed by atoms with Gasteiger partial charge in [0.1, 0.15) is 0 Å². The summed E-state index contributed by atoms with van der Waals surface area (Å²) in [6.07, 6.45) is 10.7. The largest absolute Gasteiger partial charge is 0.378 e. The van der Waals surface area contributed by atoms with Gasteiger partial charge in [0.2, 0.25) is 0 Å². The predicted molar refractivity (Wildman–Crippen MR) is 89.8 cm³/mol. The summed E-state index contributed by atoms with van der Waals surface area (Å²) in [5.74, 6) is 0. The number of rotatable bonds is 9. The highest BCUT2D eigenvalue weighted by atomic mass is 16.5. The molecule has 0 amide bonds. The van der Waals surface area contributed by atoms with Gasteiger partial charge in [-0.2, -0.15) is 0 Å². The molecule has 0 aromatic heterocycles. The van der Waals surface area contributed by atoms with Crippen LogP contribution in [-0.2, 0) is 4.74 Å². The van der Waals surface area contributed by atoms with Crippen LogP contribution in [0.4, 0.5) is 0 Å². The van der Waals surface area contributed by atoms with E-state index < -0.39 is 0 Å². The molecule has 0 saturated carbocycles. The lowest BCUT2D eigenvalue weighted by Gasteiger charge is -2.45. The highest BCUT2D eigenvalue weighted by Gasteiger charge is 2.39.